The second-order valence-corrected chi connectivity index (χ2v) is 6.28. The Morgan fingerprint density at radius 3 is 2.54 bits per heavy atom. The largest absolute Gasteiger partial charge is 0.465 e. The zero-order valence-corrected chi connectivity index (χ0v) is 14.5. The molecule has 0 aliphatic carbocycles. The zero-order valence-electron chi connectivity index (χ0n) is 13.7. The second-order valence-electron chi connectivity index (χ2n) is 5.06. The molecule has 0 unspecified atom stereocenters. The van der Waals surface area contributed by atoms with Crippen molar-refractivity contribution in [1.82, 2.24) is 0 Å². The summed E-state index contributed by atoms with van der Waals surface area (Å²) in [6, 6.07) is 5.79. The smallest absolute Gasteiger partial charge is 0.341 e. The van der Waals surface area contributed by atoms with Crippen molar-refractivity contribution in [3.63, 3.8) is 0 Å². The lowest BCUT2D eigenvalue weighted by Gasteiger charge is -2.05. The van der Waals surface area contributed by atoms with Gasteiger partial charge in [-0.05, 0) is 42.7 Å². The van der Waals surface area contributed by atoms with Gasteiger partial charge < -0.3 is 10.1 Å². The minimum absolute atomic E-state index is 0.333. The highest BCUT2D eigenvalue weighted by Gasteiger charge is 2.22. The number of ether oxygens (including phenoxy) is 1. The molecule has 2 rings (SSSR count). The van der Waals surface area contributed by atoms with E-state index in [4.69, 9.17) is 4.74 Å². The molecule has 1 N–H and O–H groups in total. The van der Waals surface area contributed by atoms with Crippen molar-refractivity contribution in [3.8, 4) is 0 Å². The molecule has 0 atom stereocenters. The van der Waals surface area contributed by atoms with Crippen molar-refractivity contribution in [1.29, 1.82) is 0 Å². The maximum absolute atomic E-state index is 12.9. The first-order chi connectivity index (χ1) is 11.5. The first-order valence-corrected chi connectivity index (χ1v) is 8.23. The molecule has 0 spiro atoms. The fourth-order valence-corrected chi connectivity index (χ4v) is 3.45. The Kier molecular flexibility index (Phi) is 5.87. The van der Waals surface area contributed by atoms with E-state index in [9.17, 15) is 14.0 Å². The number of nitrogens with one attached hydrogen (secondary N) is 1. The number of thiophene rings is 1. The van der Waals surface area contributed by atoms with Gasteiger partial charge in [0.2, 0.25) is 5.91 Å². The molecule has 0 bridgehead atoms. The number of benzene rings is 1. The van der Waals surface area contributed by atoms with Gasteiger partial charge >= 0.3 is 5.97 Å². The van der Waals surface area contributed by atoms with Gasteiger partial charge in [-0.15, -0.1) is 11.3 Å². The van der Waals surface area contributed by atoms with Crippen LogP contribution in [-0.2, 0) is 16.0 Å². The molecule has 1 aromatic carbocycles. The molecule has 1 heterocycles. The van der Waals surface area contributed by atoms with E-state index in [0.29, 0.717) is 22.5 Å². The van der Waals surface area contributed by atoms with E-state index < -0.39 is 5.97 Å². The van der Waals surface area contributed by atoms with Gasteiger partial charge in [0.15, 0.2) is 0 Å². The zero-order chi connectivity index (χ0) is 17.7. The lowest BCUT2D eigenvalue weighted by molar-refractivity contribution is -0.111. The standard InChI is InChI=1S/C18H18FNO3S/c1-4-14-11(2)24-17(16(14)18(22)23-3)20-15(21)10-7-12-5-8-13(19)9-6-12/h5-10H,4H2,1-3H3,(H,20,21)/b10-7+. The van der Waals surface area contributed by atoms with Crippen LogP contribution in [0.15, 0.2) is 30.3 Å². The lowest BCUT2D eigenvalue weighted by Crippen LogP contribution is -2.12. The van der Waals surface area contributed by atoms with Crippen LogP contribution in [0.5, 0.6) is 0 Å². The number of halogens is 1. The normalized spacial score (nSPS) is 10.8. The van der Waals surface area contributed by atoms with Crippen LogP contribution in [0.3, 0.4) is 0 Å². The molecular weight excluding hydrogens is 329 g/mol. The van der Waals surface area contributed by atoms with Gasteiger partial charge in [0.05, 0.1) is 12.7 Å². The summed E-state index contributed by atoms with van der Waals surface area (Å²) in [6.45, 7) is 3.85. The van der Waals surface area contributed by atoms with E-state index in [0.717, 1.165) is 10.4 Å². The van der Waals surface area contributed by atoms with Crippen LogP contribution in [0.4, 0.5) is 9.39 Å². The average molecular weight is 347 g/mol. The molecule has 2 aromatic rings. The van der Waals surface area contributed by atoms with Crippen LogP contribution in [0.1, 0.15) is 33.3 Å². The van der Waals surface area contributed by atoms with Gasteiger partial charge in [-0.3, -0.25) is 4.79 Å². The van der Waals surface area contributed by atoms with Crippen LogP contribution in [-0.4, -0.2) is 19.0 Å². The van der Waals surface area contributed by atoms with E-state index >= 15 is 0 Å². The number of amides is 1. The Labute approximate surface area is 144 Å². The van der Waals surface area contributed by atoms with Crippen LogP contribution in [0.2, 0.25) is 0 Å². The molecule has 6 heteroatoms. The first kappa shape index (κ1) is 17.9. The third-order valence-corrected chi connectivity index (χ3v) is 4.55. The lowest BCUT2D eigenvalue weighted by atomic mass is 10.1. The predicted octanol–water partition coefficient (Wildman–Crippen LogP) is 4.20. The summed E-state index contributed by atoms with van der Waals surface area (Å²) in [4.78, 5) is 25.1. The first-order valence-electron chi connectivity index (χ1n) is 7.41. The predicted molar refractivity (Wildman–Crippen MR) is 93.8 cm³/mol. The Morgan fingerprint density at radius 2 is 1.96 bits per heavy atom. The van der Waals surface area contributed by atoms with Crippen molar-refractivity contribution >= 4 is 34.3 Å². The van der Waals surface area contributed by atoms with E-state index in [1.165, 1.54) is 36.7 Å². The number of carbonyl (C=O) groups excluding carboxylic acids is 2. The fraction of sp³-hybridized carbons (Fsp3) is 0.222. The van der Waals surface area contributed by atoms with E-state index in [-0.39, 0.29) is 11.7 Å². The van der Waals surface area contributed by atoms with Crippen LogP contribution in [0, 0.1) is 12.7 Å². The molecule has 4 nitrogen and oxygen atoms in total. The number of carbonyl (C=O) groups is 2. The number of methoxy groups -OCH3 is 1. The number of esters is 1. The average Bonchev–Trinajstić information content (AvgIpc) is 2.88. The number of rotatable bonds is 5. The number of anilines is 1. The molecule has 1 aromatic heterocycles. The van der Waals surface area contributed by atoms with Gasteiger partial charge in [-0.1, -0.05) is 19.1 Å². The summed E-state index contributed by atoms with van der Waals surface area (Å²) in [5, 5.41) is 3.20. The van der Waals surface area contributed by atoms with Gasteiger partial charge in [0.1, 0.15) is 10.8 Å². The fourth-order valence-electron chi connectivity index (χ4n) is 2.31. The molecule has 0 aliphatic rings. The summed E-state index contributed by atoms with van der Waals surface area (Å²) < 4.78 is 17.7. The van der Waals surface area contributed by atoms with Gasteiger partial charge in [0.25, 0.3) is 0 Å². The van der Waals surface area contributed by atoms with Crippen LogP contribution in [0.25, 0.3) is 6.08 Å². The summed E-state index contributed by atoms with van der Waals surface area (Å²) in [7, 11) is 1.31. The highest BCUT2D eigenvalue weighted by atomic mass is 32.1. The molecule has 0 saturated carbocycles. The van der Waals surface area contributed by atoms with Gasteiger partial charge in [0, 0.05) is 11.0 Å². The van der Waals surface area contributed by atoms with Gasteiger partial charge in [-0.25, -0.2) is 9.18 Å². The summed E-state index contributed by atoms with van der Waals surface area (Å²) in [5.41, 5.74) is 1.99. The Balaban J connectivity index is 2.19. The maximum atomic E-state index is 12.9. The molecular formula is C18H18FNO3S. The second kappa shape index (κ2) is 7.88. The molecule has 0 saturated heterocycles. The van der Waals surface area contributed by atoms with Crippen LogP contribution >= 0.6 is 11.3 Å². The van der Waals surface area contributed by atoms with Gasteiger partial charge in [-0.2, -0.15) is 0 Å². The summed E-state index contributed by atoms with van der Waals surface area (Å²) >= 11 is 1.34. The number of hydrogen-bond donors (Lipinski definition) is 1. The maximum Gasteiger partial charge on any atom is 0.341 e. The Bertz CT molecular complexity index is 778. The third kappa shape index (κ3) is 4.08. The third-order valence-electron chi connectivity index (χ3n) is 3.49. The Morgan fingerprint density at radius 1 is 1.29 bits per heavy atom. The monoisotopic (exact) mass is 347 g/mol. The highest BCUT2D eigenvalue weighted by molar-refractivity contribution is 7.16. The summed E-state index contributed by atoms with van der Waals surface area (Å²) in [6.07, 6.45) is 3.59. The molecule has 0 fully saturated rings. The van der Waals surface area contributed by atoms with E-state index in [1.54, 1.807) is 18.2 Å². The highest BCUT2D eigenvalue weighted by Crippen LogP contribution is 2.34. The Hall–Kier alpha value is -2.47. The molecule has 24 heavy (non-hydrogen) atoms. The minimum Gasteiger partial charge on any atom is -0.465 e. The topological polar surface area (TPSA) is 55.4 Å². The minimum atomic E-state index is -0.464. The van der Waals surface area contributed by atoms with E-state index in [1.807, 2.05) is 13.8 Å². The van der Waals surface area contributed by atoms with Crippen molar-refractivity contribution in [2.45, 2.75) is 20.3 Å². The van der Waals surface area contributed by atoms with Crippen molar-refractivity contribution in [2.75, 3.05) is 12.4 Å². The molecule has 126 valence electrons. The van der Waals surface area contributed by atoms with Crippen molar-refractivity contribution < 1.29 is 18.7 Å². The molecule has 0 radical (unpaired) electrons. The van der Waals surface area contributed by atoms with Crippen molar-refractivity contribution in [2.24, 2.45) is 0 Å². The van der Waals surface area contributed by atoms with E-state index in [2.05, 4.69) is 5.32 Å². The summed E-state index contributed by atoms with van der Waals surface area (Å²) in [5.74, 6) is -1.16. The molecule has 1 amide bonds. The quantitative estimate of drug-likeness (QED) is 0.651. The van der Waals surface area contributed by atoms with Crippen LogP contribution < -0.4 is 5.32 Å². The van der Waals surface area contributed by atoms with Crippen molar-refractivity contribution in [3.05, 3.63) is 57.7 Å². The number of aryl methyl sites for hydroxylation is 1. The number of hydrogen-bond acceptors (Lipinski definition) is 4. The SMILES string of the molecule is CCc1c(C)sc(NC(=O)/C=C/c2ccc(F)cc2)c1C(=O)OC. The molecule has 0 aliphatic heterocycles.